The molecule has 1 aliphatic heterocycles. The average molecular weight is 425 g/mol. The third-order valence-corrected chi connectivity index (χ3v) is 5.67. The van der Waals surface area contributed by atoms with Crippen LogP contribution in [0.5, 0.6) is 17.2 Å². The Morgan fingerprint density at radius 2 is 1.81 bits per heavy atom. The number of hydrogen-bond acceptors (Lipinski definition) is 7. The number of rotatable bonds is 7. The number of anilines is 1. The molecule has 2 heterocycles. The normalized spacial score (nSPS) is 14.5. The second-order valence-electron chi connectivity index (χ2n) is 7.49. The summed E-state index contributed by atoms with van der Waals surface area (Å²) in [4.78, 5) is 19.5. The number of methoxy groups -OCH3 is 3. The molecule has 8 nitrogen and oxygen atoms in total. The van der Waals surface area contributed by atoms with Crippen molar-refractivity contribution in [2.75, 3.05) is 45.9 Å². The summed E-state index contributed by atoms with van der Waals surface area (Å²) in [7, 11) is 4.58. The van der Waals surface area contributed by atoms with Crippen LogP contribution in [0.3, 0.4) is 0 Å². The Hall–Kier alpha value is -3.42. The summed E-state index contributed by atoms with van der Waals surface area (Å²) < 4.78 is 21.9. The third kappa shape index (κ3) is 4.23. The number of benzene rings is 2. The lowest BCUT2D eigenvalue weighted by Crippen LogP contribution is -2.38. The molecule has 0 radical (unpaired) electrons. The number of carbonyl (C=O) groups is 1. The molecule has 0 saturated carbocycles. The Balaban J connectivity index is 1.35. The molecule has 4 rings (SSSR count). The molecule has 0 spiro atoms. The topological polar surface area (TPSA) is 86.1 Å². The summed E-state index contributed by atoms with van der Waals surface area (Å²) >= 11 is 0. The zero-order valence-electron chi connectivity index (χ0n) is 18.0. The molecule has 1 saturated heterocycles. The highest BCUT2D eigenvalue weighted by atomic mass is 16.5. The molecule has 1 N–H and O–H groups in total. The number of hydrogen-bond donors (Lipinski definition) is 1. The van der Waals surface area contributed by atoms with Gasteiger partial charge in [0.2, 0.25) is 5.75 Å². The SMILES string of the molecule is COc1ccc(C(=O)NCC2CCN(c3nc4ccccc4o3)CC2)c(OC)c1OC. The van der Waals surface area contributed by atoms with Gasteiger partial charge in [-0.25, -0.2) is 0 Å². The largest absolute Gasteiger partial charge is 0.493 e. The molecule has 0 unspecified atom stereocenters. The maximum Gasteiger partial charge on any atom is 0.298 e. The first-order valence-corrected chi connectivity index (χ1v) is 10.3. The van der Waals surface area contributed by atoms with Crippen LogP contribution in [0.15, 0.2) is 40.8 Å². The van der Waals surface area contributed by atoms with Crippen LogP contribution in [0, 0.1) is 5.92 Å². The lowest BCUT2D eigenvalue weighted by molar-refractivity contribution is 0.0941. The summed E-state index contributed by atoms with van der Waals surface area (Å²) in [6.45, 7) is 2.28. The van der Waals surface area contributed by atoms with Crippen molar-refractivity contribution in [1.29, 1.82) is 0 Å². The fourth-order valence-electron chi connectivity index (χ4n) is 3.94. The van der Waals surface area contributed by atoms with Crippen molar-refractivity contribution in [3.05, 3.63) is 42.0 Å². The molecule has 3 aromatic rings. The van der Waals surface area contributed by atoms with Crippen molar-refractivity contribution in [3.63, 3.8) is 0 Å². The highest BCUT2D eigenvalue weighted by Crippen LogP contribution is 2.39. The van der Waals surface area contributed by atoms with Gasteiger partial charge in [0, 0.05) is 19.6 Å². The molecular formula is C23H27N3O5. The quantitative estimate of drug-likeness (QED) is 0.620. The predicted octanol–water partition coefficient (Wildman–Crippen LogP) is 3.50. The van der Waals surface area contributed by atoms with Crippen molar-refractivity contribution in [1.82, 2.24) is 10.3 Å². The molecule has 0 bridgehead atoms. The van der Waals surface area contributed by atoms with Crippen molar-refractivity contribution >= 4 is 23.0 Å². The van der Waals surface area contributed by atoms with Crippen molar-refractivity contribution in [2.45, 2.75) is 12.8 Å². The van der Waals surface area contributed by atoms with Gasteiger partial charge in [-0.2, -0.15) is 4.98 Å². The van der Waals surface area contributed by atoms with E-state index in [1.54, 1.807) is 19.2 Å². The fourth-order valence-corrected chi connectivity index (χ4v) is 3.94. The van der Waals surface area contributed by atoms with Gasteiger partial charge in [0.25, 0.3) is 11.9 Å². The molecule has 0 atom stereocenters. The number of nitrogens with one attached hydrogen (secondary N) is 1. The number of ether oxygens (including phenoxy) is 3. The number of carbonyl (C=O) groups excluding carboxylic acids is 1. The van der Waals surface area contributed by atoms with Crippen LogP contribution in [0.1, 0.15) is 23.2 Å². The first kappa shape index (κ1) is 20.8. The lowest BCUT2D eigenvalue weighted by Gasteiger charge is -2.30. The Bertz CT molecular complexity index is 1020. The number of nitrogens with zero attached hydrogens (tertiary/aromatic N) is 2. The second-order valence-corrected chi connectivity index (χ2v) is 7.49. The van der Waals surface area contributed by atoms with Gasteiger partial charge >= 0.3 is 0 Å². The van der Waals surface area contributed by atoms with Gasteiger partial charge in [-0.1, -0.05) is 12.1 Å². The molecule has 31 heavy (non-hydrogen) atoms. The Labute approximate surface area is 181 Å². The number of para-hydroxylation sites is 2. The van der Waals surface area contributed by atoms with Crippen molar-refractivity contribution in [2.24, 2.45) is 5.92 Å². The Kier molecular flexibility index (Phi) is 6.16. The van der Waals surface area contributed by atoms with Crippen LogP contribution in [-0.2, 0) is 0 Å². The van der Waals surface area contributed by atoms with Gasteiger partial charge < -0.3 is 28.8 Å². The number of amides is 1. The van der Waals surface area contributed by atoms with E-state index in [-0.39, 0.29) is 5.91 Å². The minimum Gasteiger partial charge on any atom is -0.493 e. The lowest BCUT2D eigenvalue weighted by atomic mass is 9.97. The average Bonchev–Trinajstić information content (AvgIpc) is 3.26. The maximum atomic E-state index is 12.8. The summed E-state index contributed by atoms with van der Waals surface area (Å²) in [5.41, 5.74) is 2.09. The molecular weight excluding hydrogens is 398 g/mol. The maximum absolute atomic E-state index is 12.8. The van der Waals surface area contributed by atoms with Crippen LogP contribution >= 0.6 is 0 Å². The molecule has 1 aliphatic rings. The summed E-state index contributed by atoms with van der Waals surface area (Å²) in [6.07, 6.45) is 1.89. The van der Waals surface area contributed by atoms with E-state index in [9.17, 15) is 4.79 Å². The first-order valence-electron chi connectivity index (χ1n) is 10.3. The third-order valence-electron chi connectivity index (χ3n) is 5.67. The standard InChI is InChI=1S/C23H27N3O5/c1-28-19-9-8-16(20(29-2)21(19)30-3)22(27)24-14-15-10-12-26(13-11-15)23-25-17-6-4-5-7-18(17)31-23/h4-9,15H,10-14H2,1-3H3,(H,24,27). The molecule has 1 aromatic heterocycles. The summed E-state index contributed by atoms with van der Waals surface area (Å²) in [6, 6.07) is 11.8. The fraction of sp³-hybridized carbons (Fsp3) is 0.391. The van der Waals surface area contributed by atoms with E-state index >= 15 is 0 Å². The number of fused-ring (bicyclic) bond motifs is 1. The van der Waals surface area contributed by atoms with E-state index in [4.69, 9.17) is 18.6 Å². The van der Waals surface area contributed by atoms with Crippen LogP contribution in [0.2, 0.25) is 0 Å². The zero-order chi connectivity index (χ0) is 21.8. The molecule has 2 aromatic carbocycles. The monoisotopic (exact) mass is 425 g/mol. The first-order chi connectivity index (χ1) is 15.1. The van der Waals surface area contributed by atoms with E-state index in [0.717, 1.165) is 37.0 Å². The van der Waals surface area contributed by atoms with Gasteiger partial charge in [-0.3, -0.25) is 4.79 Å². The van der Waals surface area contributed by atoms with Crippen molar-refractivity contribution < 1.29 is 23.4 Å². The Morgan fingerprint density at radius 3 is 2.48 bits per heavy atom. The van der Waals surface area contributed by atoms with E-state index in [1.807, 2.05) is 24.3 Å². The molecule has 1 amide bonds. The number of oxazole rings is 1. The van der Waals surface area contributed by atoms with E-state index in [2.05, 4.69) is 15.2 Å². The van der Waals surface area contributed by atoms with Crippen LogP contribution in [0.4, 0.5) is 6.01 Å². The summed E-state index contributed by atoms with van der Waals surface area (Å²) in [5.74, 6) is 1.48. The van der Waals surface area contributed by atoms with Crippen LogP contribution in [-0.4, -0.2) is 51.9 Å². The van der Waals surface area contributed by atoms with Crippen molar-refractivity contribution in [3.8, 4) is 17.2 Å². The van der Waals surface area contributed by atoms with Gasteiger partial charge in [0.05, 0.1) is 26.9 Å². The van der Waals surface area contributed by atoms with Gasteiger partial charge in [-0.05, 0) is 43.0 Å². The van der Waals surface area contributed by atoms with Gasteiger partial charge in [-0.15, -0.1) is 0 Å². The van der Waals surface area contributed by atoms with Gasteiger partial charge in [0.1, 0.15) is 5.52 Å². The molecule has 1 fully saturated rings. The highest BCUT2D eigenvalue weighted by molar-refractivity contribution is 5.98. The molecule has 8 heteroatoms. The highest BCUT2D eigenvalue weighted by Gasteiger charge is 2.25. The number of piperidine rings is 1. The predicted molar refractivity (Wildman–Crippen MR) is 117 cm³/mol. The Morgan fingerprint density at radius 1 is 1.06 bits per heavy atom. The number of aromatic nitrogens is 1. The minimum absolute atomic E-state index is 0.195. The van der Waals surface area contributed by atoms with E-state index < -0.39 is 0 Å². The smallest absolute Gasteiger partial charge is 0.298 e. The summed E-state index contributed by atoms with van der Waals surface area (Å²) in [5, 5.41) is 3.04. The van der Waals surface area contributed by atoms with Crippen LogP contribution < -0.4 is 24.4 Å². The van der Waals surface area contributed by atoms with Gasteiger partial charge in [0.15, 0.2) is 17.1 Å². The van der Waals surface area contributed by atoms with E-state index in [1.165, 1.54) is 14.2 Å². The van der Waals surface area contributed by atoms with E-state index in [0.29, 0.717) is 41.3 Å². The zero-order valence-corrected chi connectivity index (χ0v) is 18.0. The molecule has 164 valence electrons. The minimum atomic E-state index is -0.195. The molecule has 0 aliphatic carbocycles. The van der Waals surface area contributed by atoms with Crippen LogP contribution in [0.25, 0.3) is 11.1 Å². The second kappa shape index (κ2) is 9.16.